The highest BCUT2D eigenvalue weighted by Gasteiger charge is 2.45. The minimum Gasteiger partial charge on any atom is -0.507 e. The van der Waals surface area contributed by atoms with Crippen molar-refractivity contribution in [2.45, 2.75) is 32.9 Å². The summed E-state index contributed by atoms with van der Waals surface area (Å²) < 4.78 is 7.46. The lowest BCUT2D eigenvalue weighted by Crippen LogP contribution is -2.31. The number of Topliss-reactive ketones (excluding diaryl/α,β-unsaturated/α-hetero) is 1. The Morgan fingerprint density at radius 1 is 1.06 bits per heavy atom. The number of aromatic nitrogens is 2. The van der Waals surface area contributed by atoms with Crippen LogP contribution in [0.1, 0.15) is 36.1 Å². The molecule has 2 aromatic carbocycles. The van der Waals surface area contributed by atoms with Gasteiger partial charge in [-0.15, -0.1) is 0 Å². The number of hydrogen-bond acceptors (Lipinski definition) is 5. The molecule has 4 rings (SSSR count). The number of aryl methyl sites for hydroxylation is 2. The predicted molar refractivity (Wildman–Crippen MR) is 125 cm³/mol. The van der Waals surface area contributed by atoms with Crippen LogP contribution < -0.4 is 4.74 Å². The summed E-state index contributed by atoms with van der Waals surface area (Å²) >= 11 is 0. The van der Waals surface area contributed by atoms with E-state index in [0.29, 0.717) is 37.4 Å². The second-order valence-corrected chi connectivity index (χ2v) is 8.01. The van der Waals surface area contributed by atoms with Crippen LogP contribution in [0.2, 0.25) is 0 Å². The van der Waals surface area contributed by atoms with Gasteiger partial charge >= 0.3 is 0 Å². The van der Waals surface area contributed by atoms with E-state index in [1.54, 1.807) is 29.6 Å². The third kappa shape index (κ3) is 4.67. The van der Waals surface area contributed by atoms with Crippen LogP contribution in [0.15, 0.2) is 72.8 Å². The lowest BCUT2D eigenvalue weighted by atomic mass is 9.95. The van der Waals surface area contributed by atoms with Crippen molar-refractivity contribution in [3.8, 4) is 5.75 Å². The van der Waals surface area contributed by atoms with Gasteiger partial charge in [0, 0.05) is 31.0 Å². The summed E-state index contributed by atoms with van der Waals surface area (Å²) in [5.41, 5.74) is 2.40. The highest BCUT2D eigenvalue weighted by atomic mass is 16.5. The number of amides is 1. The van der Waals surface area contributed by atoms with Crippen molar-refractivity contribution in [2.75, 3.05) is 13.2 Å². The molecule has 1 aliphatic heterocycles. The molecule has 1 saturated heterocycles. The minimum absolute atomic E-state index is 0.107. The molecule has 3 aromatic rings. The summed E-state index contributed by atoms with van der Waals surface area (Å²) in [4.78, 5) is 31.7. The molecule has 170 valence electrons. The Morgan fingerprint density at radius 2 is 1.79 bits per heavy atom. The van der Waals surface area contributed by atoms with Crippen LogP contribution in [-0.2, 0) is 16.1 Å². The van der Waals surface area contributed by atoms with Gasteiger partial charge in [-0.1, -0.05) is 42.0 Å². The Kier molecular flexibility index (Phi) is 6.58. The zero-order valence-corrected chi connectivity index (χ0v) is 18.8. The van der Waals surface area contributed by atoms with Crippen LogP contribution in [0.4, 0.5) is 0 Å². The molecule has 1 N–H and O–H groups in total. The van der Waals surface area contributed by atoms with Crippen LogP contribution in [-0.4, -0.2) is 44.4 Å². The van der Waals surface area contributed by atoms with Crippen molar-refractivity contribution in [3.63, 3.8) is 0 Å². The highest BCUT2D eigenvalue weighted by Crippen LogP contribution is 2.40. The zero-order valence-electron chi connectivity index (χ0n) is 18.8. The zero-order chi connectivity index (χ0) is 23.4. The fourth-order valence-corrected chi connectivity index (χ4v) is 4.08. The quantitative estimate of drug-likeness (QED) is 0.321. The topological polar surface area (TPSA) is 84.7 Å². The number of aliphatic hydroxyl groups excluding tert-OH is 1. The average Bonchev–Trinajstić information content (AvgIpc) is 3.42. The molecule has 0 spiro atoms. The third-order valence-corrected chi connectivity index (χ3v) is 5.75. The van der Waals surface area contributed by atoms with E-state index in [1.165, 1.54) is 0 Å². The Morgan fingerprint density at radius 3 is 2.42 bits per heavy atom. The molecule has 1 aromatic heterocycles. The molecule has 1 amide bonds. The number of rotatable bonds is 8. The number of ether oxygens (including phenoxy) is 1. The molecule has 2 heterocycles. The maximum Gasteiger partial charge on any atom is 0.295 e. The molecule has 0 saturated carbocycles. The smallest absolute Gasteiger partial charge is 0.295 e. The molecule has 0 bridgehead atoms. The molecule has 0 aliphatic carbocycles. The van der Waals surface area contributed by atoms with Crippen LogP contribution in [0, 0.1) is 6.92 Å². The number of benzene rings is 2. The fourth-order valence-electron chi connectivity index (χ4n) is 4.08. The summed E-state index contributed by atoms with van der Waals surface area (Å²) in [7, 11) is 0. The van der Waals surface area contributed by atoms with Gasteiger partial charge in [0.1, 0.15) is 11.5 Å². The van der Waals surface area contributed by atoms with E-state index in [2.05, 4.69) is 4.98 Å². The van der Waals surface area contributed by atoms with Crippen molar-refractivity contribution >= 4 is 17.4 Å². The molecule has 1 fully saturated rings. The lowest BCUT2D eigenvalue weighted by molar-refractivity contribution is -0.139. The molecule has 1 atom stereocenters. The number of aliphatic hydroxyl groups is 1. The number of carbonyl (C=O) groups is 2. The summed E-state index contributed by atoms with van der Waals surface area (Å²) in [6.07, 6.45) is 5.92. The predicted octanol–water partition coefficient (Wildman–Crippen LogP) is 4.10. The maximum absolute atomic E-state index is 13.1. The standard InChI is InChI=1S/C26H27N3O4/c1-3-33-21-11-9-19(10-12-21)23-22(24(30)20-7-5-18(2)6-8-20)25(31)26(32)29(23)15-4-14-28-16-13-27-17-28/h5-13,16-17,23,30H,3-4,14-15H2,1-2H3/t23-/m0/s1. The first kappa shape index (κ1) is 22.3. The molecular formula is C26H27N3O4. The molecule has 0 unspecified atom stereocenters. The van der Waals surface area contributed by atoms with Crippen LogP contribution >= 0.6 is 0 Å². The molecule has 7 nitrogen and oxygen atoms in total. The van der Waals surface area contributed by atoms with Crippen molar-refractivity contribution in [2.24, 2.45) is 0 Å². The first-order chi connectivity index (χ1) is 16.0. The maximum atomic E-state index is 13.1. The van der Waals surface area contributed by atoms with E-state index in [9.17, 15) is 14.7 Å². The van der Waals surface area contributed by atoms with Crippen LogP contribution in [0.25, 0.3) is 5.76 Å². The summed E-state index contributed by atoms with van der Waals surface area (Å²) in [5.74, 6) is -0.732. The number of ketones is 1. The van der Waals surface area contributed by atoms with Gasteiger partial charge in [-0.2, -0.15) is 0 Å². The highest BCUT2D eigenvalue weighted by molar-refractivity contribution is 6.46. The van der Waals surface area contributed by atoms with Crippen LogP contribution in [0.3, 0.4) is 0 Å². The Bertz CT molecular complexity index is 1150. The van der Waals surface area contributed by atoms with E-state index in [-0.39, 0.29) is 11.3 Å². The van der Waals surface area contributed by atoms with Gasteiger partial charge in [-0.3, -0.25) is 9.59 Å². The SMILES string of the molecule is CCOc1ccc([C@H]2C(=C(O)c3ccc(C)cc3)C(=O)C(=O)N2CCCn2ccnc2)cc1. The van der Waals surface area contributed by atoms with Gasteiger partial charge in [-0.25, -0.2) is 4.98 Å². The van der Waals surface area contributed by atoms with E-state index >= 15 is 0 Å². The van der Waals surface area contributed by atoms with Gasteiger partial charge in [-0.05, 0) is 38.0 Å². The third-order valence-electron chi connectivity index (χ3n) is 5.75. The molecule has 0 radical (unpaired) electrons. The number of hydrogen-bond donors (Lipinski definition) is 1. The molecular weight excluding hydrogens is 418 g/mol. The van der Waals surface area contributed by atoms with E-state index in [0.717, 1.165) is 11.1 Å². The van der Waals surface area contributed by atoms with Gasteiger partial charge in [0.05, 0.1) is 24.5 Å². The Balaban J connectivity index is 1.71. The Labute approximate surface area is 192 Å². The number of carbonyl (C=O) groups excluding carboxylic acids is 2. The van der Waals surface area contributed by atoms with E-state index in [4.69, 9.17) is 4.74 Å². The van der Waals surface area contributed by atoms with Gasteiger partial charge in [0.2, 0.25) is 0 Å². The molecule has 1 aliphatic rings. The first-order valence-corrected chi connectivity index (χ1v) is 11.0. The normalized spacial score (nSPS) is 17.5. The average molecular weight is 446 g/mol. The van der Waals surface area contributed by atoms with E-state index < -0.39 is 17.7 Å². The first-order valence-electron chi connectivity index (χ1n) is 11.0. The van der Waals surface area contributed by atoms with Gasteiger partial charge in [0.25, 0.3) is 11.7 Å². The second kappa shape index (κ2) is 9.73. The van der Waals surface area contributed by atoms with Crippen molar-refractivity contribution in [1.29, 1.82) is 0 Å². The van der Waals surface area contributed by atoms with Crippen molar-refractivity contribution < 1.29 is 19.4 Å². The summed E-state index contributed by atoms with van der Waals surface area (Å²) in [6.45, 7) is 5.43. The molecule has 7 heteroatoms. The van der Waals surface area contributed by atoms with E-state index in [1.807, 2.05) is 61.0 Å². The molecule has 33 heavy (non-hydrogen) atoms. The monoisotopic (exact) mass is 445 g/mol. The van der Waals surface area contributed by atoms with Crippen LogP contribution in [0.5, 0.6) is 5.75 Å². The number of likely N-dealkylation sites (tertiary alicyclic amines) is 1. The number of nitrogens with zero attached hydrogens (tertiary/aromatic N) is 3. The van der Waals surface area contributed by atoms with Gasteiger partial charge < -0.3 is 19.3 Å². The van der Waals surface area contributed by atoms with Gasteiger partial charge in [0.15, 0.2) is 0 Å². The largest absolute Gasteiger partial charge is 0.507 e. The van der Waals surface area contributed by atoms with Crippen molar-refractivity contribution in [3.05, 3.63) is 89.5 Å². The summed E-state index contributed by atoms with van der Waals surface area (Å²) in [6, 6.07) is 13.9. The number of imidazole rings is 1. The Hall–Kier alpha value is -3.87. The minimum atomic E-state index is -0.676. The summed E-state index contributed by atoms with van der Waals surface area (Å²) in [5, 5.41) is 11.1. The lowest BCUT2D eigenvalue weighted by Gasteiger charge is -2.25. The second-order valence-electron chi connectivity index (χ2n) is 8.01. The van der Waals surface area contributed by atoms with Crippen molar-refractivity contribution in [1.82, 2.24) is 14.5 Å². The fraction of sp³-hybridized carbons (Fsp3) is 0.269.